The number of nitrogens with zero attached hydrogens (tertiary/aromatic N) is 4. The Morgan fingerprint density at radius 1 is 1.46 bits per heavy atom. The lowest BCUT2D eigenvalue weighted by molar-refractivity contribution is -0.131. The van der Waals surface area contributed by atoms with Crippen LogP contribution in [0.3, 0.4) is 0 Å². The molecule has 1 amide bonds. The molecule has 0 fully saturated rings. The van der Waals surface area contributed by atoms with Crippen LogP contribution in [0, 0.1) is 13.8 Å². The highest BCUT2D eigenvalue weighted by Crippen LogP contribution is 2.19. The normalized spacial score (nSPS) is 13.0. The molecule has 0 bridgehead atoms. The lowest BCUT2D eigenvalue weighted by atomic mass is 10.3. The standard InChI is InChI=1S/C14H21N5O4S/c1-9-13(11(3)23-16-9)24(21,22)17-10(2)14(20)18(4)7-12-6-15-19(5)8-12/h6,8,10,17H,7H2,1-5H3/t10-/m0/s1. The van der Waals surface area contributed by atoms with Crippen molar-refractivity contribution in [2.24, 2.45) is 7.05 Å². The molecule has 9 nitrogen and oxygen atoms in total. The molecule has 0 saturated heterocycles. The van der Waals surface area contributed by atoms with Crippen molar-refractivity contribution in [2.75, 3.05) is 7.05 Å². The van der Waals surface area contributed by atoms with Crippen molar-refractivity contribution in [3.8, 4) is 0 Å². The second-order valence-corrected chi connectivity index (χ2v) is 7.36. The first-order valence-corrected chi connectivity index (χ1v) is 8.78. The molecule has 2 aromatic rings. The van der Waals surface area contributed by atoms with Gasteiger partial charge in [0.2, 0.25) is 15.9 Å². The van der Waals surface area contributed by atoms with E-state index in [1.807, 2.05) is 0 Å². The summed E-state index contributed by atoms with van der Waals surface area (Å²) < 4.78 is 33.8. The van der Waals surface area contributed by atoms with E-state index < -0.39 is 16.1 Å². The second-order valence-electron chi connectivity index (χ2n) is 5.71. The van der Waals surface area contributed by atoms with Crippen LogP contribution >= 0.6 is 0 Å². The van der Waals surface area contributed by atoms with E-state index in [0.717, 1.165) is 5.56 Å². The molecule has 24 heavy (non-hydrogen) atoms. The number of amides is 1. The zero-order valence-corrected chi connectivity index (χ0v) is 15.1. The summed E-state index contributed by atoms with van der Waals surface area (Å²) in [5.74, 6) is -0.169. The smallest absolute Gasteiger partial charge is 0.246 e. The summed E-state index contributed by atoms with van der Waals surface area (Å²) in [6.45, 7) is 4.88. The fraction of sp³-hybridized carbons (Fsp3) is 0.500. The zero-order valence-electron chi connectivity index (χ0n) is 14.3. The van der Waals surface area contributed by atoms with E-state index in [4.69, 9.17) is 4.52 Å². The van der Waals surface area contributed by atoms with Crippen LogP contribution in [0.15, 0.2) is 21.8 Å². The van der Waals surface area contributed by atoms with Gasteiger partial charge in [-0.1, -0.05) is 5.16 Å². The maximum Gasteiger partial charge on any atom is 0.246 e. The number of carbonyl (C=O) groups is 1. The molecular formula is C14H21N5O4S. The van der Waals surface area contributed by atoms with Crippen LogP contribution in [0.4, 0.5) is 0 Å². The minimum atomic E-state index is -3.90. The van der Waals surface area contributed by atoms with Gasteiger partial charge < -0.3 is 9.42 Å². The number of sulfonamides is 1. The minimum absolute atomic E-state index is 0.0305. The summed E-state index contributed by atoms with van der Waals surface area (Å²) in [5, 5.41) is 7.67. The van der Waals surface area contributed by atoms with Crippen LogP contribution in [0.25, 0.3) is 0 Å². The number of aryl methyl sites for hydroxylation is 3. The largest absolute Gasteiger partial charge is 0.360 e. The number of carbonyl (C=O) groups excluding carboxylic acids is 1. The fourth-order valence-electron chi connectivity index (χ4n) is 2.44. The highest BCUT2D eigenvalue weighted by molar-refractivity contribution is 7.89. The third-order valence-corrected chi connectivity index (χ3v) is 5.28. The quantitative estimate of drug-likeness (QED) is 0.800. The van der Waals surface area contributed by atoms with Gasteiger partial charge in [0.05, 0.1) is 12.2 Å². The van der Waals surface area contributed by atoms with Gasteiger partial charge in [-0.05, 0) is 20.8 Å². The van der Waals surface area contributed by atoms with E-state index in [1.165, 1.54) is 25.7 Å². The SMILES string of the molecule is Cc1noc(C)c1S(=O)(=O)N[C@@H](C)C(=O)N(C)Cc1cnn(C)c1. The van der Waals surface area contributed by atoms with E-state index in [2.05, 4.69) is 15.0 Å². The molecule has 0 unspecified atom stereocenters. The Balaban J connectivity index is 2.08. The van der Waals surface area contributed by atoms with Gasteiger partial charge in [0, 0.05) is 32.4 Å². The number of hydrogen-bond donors (Lipinski definition) is 1. The number of nitrogens with one attached hydrogen (secondary N) is 1. The van der Waals surface area contributed by atoms with E-state index >= 15 is 0 Å². The lowest BCUT2D eigenvalue weighted by Gasteiger charge is -2.21. The topological polar surface area (TPSA) is 110 Å². The summed E-state index contributed by atoms with van der Waals surface area (Å²) >= 11 is 0. The fourth-order valence-corrected chi connectivity index (χ4v) is 3.96. The van der Waals surface area contributed by atoms with Gasteiger partial charge >= 0.3 is 0 Å². The Labute approximate surface area is 140 Å². The monoisotopic (exact) mass is 355 g/mol. The maximum absolute atomic E-state index is 12.4. The number of aromatic nitrogens is 3. The molecule has 132 valence electrons. The third-order valence-electron chi connectivity index (χ3n) is 3.49. The Morgan fingerprint density at radius 3 is 2.62 bits per heavy atom. The summed E-state index contributed by atoms with van der Waals surface area (Å²) in [4.78, 5) is 13.8. The average molecular weight is 355 g/mol. The highest BCUT2D eigenvalue weighted by atomic mass is 32.2. The summed E-state index contributed by atoms with van der Waals surface area (Å²) in [6.07, 6.45) is 3.45. The molecule has 2 aromatic heterocycles. The van der Waals surface area contributed by atoms with Crippen molar-refractivity contribution in [2.45, 2.75) is 38.3 Å². The summed E-state index contributed by atoms with van der Waals surface area (Å²) in [5.41, 5.74) is 1.11. The van der Waals surface area contributed by atoms with Gasteiger partial charge in [-0.2, -0.15) is 9.82 Å². The highest BCUT2D eigenvalue weighted by Gasteiger charge is 2.29. The van der Waals surface area contributed by atoms with Crippen LogP contribution in [-0.4, -0.2) is 47.3 Å². The predicted octanol–water partition coefficient (Wildman–Crippen LogP) is 0.350. The van der Waals surface area contributed by atoms with Crippen molar-refractivity contribution in [1.29, 1.82) is 0 Å². The van der Waals surface area contributed by atoms with E-state index in [-0.39, 0.29) is 22.3 Å². The van der Waals surface area contributed by atoms with Gasteiger partial charge in [-0.25, -0.2) is 8.42 Å². The Kier molecular flexibility index (Phi) is 5.09. The summed E-state index contributed by atoms with van der Waals surface area (Å²) in [7, 11) is -0.504. The Morgan fingerprint density at radius 2 is 2.12 bits per heavy atom. The predicted molar refractivity (Wildman–Crippen MR) is 85.4 cm³/mol. The zero-order chi connectivity index (χ0) is 18.1. The van der Waals surface area contributed by atoms with Gasteiger partial charge in [-0.3, -0.25) is 9.48 Å². The minimum Gasteiger partial charge on any atom is -0.360 e. The van der Waals surface area contributed by atoms with Gasteiger partial charge in [-0.15, -0.1) is 0 Å². The van der Waals surface area contributed by atoms with Crippen molar-refractivity contribution in [3.05, 3.63) is 29.4 Å². The van der Waals surface area contributed by atoms with Crippen LogP contribution < -0.4 is 4.72 Å². The van der Waals surface area contributed by atoms with Gasteiger partial charge in [0.1, 0.15) is 10.6 Å². The summed E-state index contributed by atoms with van der Waals surface area (Å²) in [6, 6.07) is -0.926. The Bertz CT molecular complexity index is 820. The van der Waals surface area contributed by atoms with Crippen LogP contribution in [-0.2, 0) is 28.4 Å². The average Bonchev–Trinajstić information content (AvgIpc) is 3.03. The van der Waals surface area contributed by atoms with Crippen molar-refractivity contribution in [3.63, 3.8) is 0 Å². The van der Waals surface area contributed by atoms with E-state index in [1.54, 1.807) is 31.2 Å². The molecule has 0 aliphatic carbocycles. The molecule has 2 heterocycles. The molecule has 0 spiro atoms. The molecule has 0 aliphatic heterocycles. The molecule has 10 heteroatoms. The first kappa shape index (κ1) is 18.1. The maximum atomic E-state index is 12.4. The van der Waals surface area contributed by atoms with Crippen LogP contribution in [0.2, 0.25) is 0 Å². The molecule has 2 rings (SSSR count). The molecule has 0 aliphatic rings. The van der Waals surface area contributed by atoms with Gasteiger partial charge in [0.15, 0.2) is 5.76 Å². The number of hydrogen-bond acceptors (Lipinski definition) is 6. The van der Waals surface area contributed by atoms with Crippen LogP contribution in [0.5, 0.6) is 0 Å². The first-order chi connectivity index (χ1) is 11.1. The van der Waals surface area contributed by atoms with Crippen molar-refractivity contribution < 1.29 is 17.7 Å². The van der Waals surface area contributed by atoms with Gasteiger partial charge in [0.25, 0.3) is 0 Å². The molecular weight excluding hydrogens is 334 g/mol. The number of rotatable bonds is 6. The third kappa shape index (κ3) is 3.82. The lowest BCUT2D eigenvalue weighted by Crippen LogP contribution is -2.45. The van der Waals surface area contributed by atoms with Crippen LogP contribution in [0.1, 0.15) is 23.9 Å². The second kappa shape index (κ2) is 6.73. The molecule has 0 aromatic carbocycles. The number of likely N-dealkylation sites (N-methyl/N-ethyl adjacent to an activating group) is 1. The Hall–Kier alpha value is -2.20. The van der Waals surface area contributed by atoms with Crippen molar-refractivity contribution in [1.82, 2.24) is 24.6 Å². The molecule has 1 N–H and O–H groups in total. The molecule has 1 atom stereocenters. The molecule has 0 radical (unpaired) electrons. The van der Waals surface area contributed by atoms with Crippen molar-refractivity contribution >= 4 is 15.9 Å². The first-order valence-electron chi connectivity index (χ1n) is 7.29. The molecule has 0 saturated carbocycles. The van der Waals surface area contributed by atoms with E-state index in [9.17, 15) is 13.2 Å². The van der Waals surface area contributed by atoms with E-state index in [0.29, 0.717) is 6.54 Å².